The third kappa shape index (κ3) is 4.23. The normalized spacial score (nSPS) is 19.1. The summed E-state index contributed by atoms with van der Waals surface area (Å²) >= 11 is 0. The van der Waals surface area contributed by atoms with Gasteiger partial charge in [-0.2, -0.15) is 0 Å². The Morgan fingerprint density at radius 3 is 2.85 bits per heavy atom. The number of hydrogen-bond donors (Lipinski definition) is 1. The third-order valence-electron chi connectivity index (χ3n) is 3.52. The van der Waals surface area contributed by atoms with Crippen LogP contribution in [0.25, 0.3) is 0 Å². The number of nitrogens with zero attached hydrogens (tertiary/aromatic N) is 1. The Morgan fingerprint density at radius 1 is 1.40 bits per heavy atom. The van der Waals surface area contributed by atoms with Crippen LogP contribution < -0.4 is 5.32 Å². The van der Waals surface area contributed by atoms with Crippen molar-refractivity contribution in [2.45, 2.75) is 26.4 Å². The van der Waals surface area contributed by atoms with E-state index in [-0.39, 0.29) is 12.1 Å². The Bertz CT molecular complexity index is 420. The molecule has 110 valence electrons. The van der Waals surface area contributed by atoms with E-state index in [0.717, 1.165) is 18.5 Å². The van der Waals surface area contributed by atoms with Crippen LogP contribution in [0.4, 0.5) is 4.79 Å². The van der Waals surface area contributed by atoms with Gasteiger partial charge in [0.2, 0.25) is 0 Å². The van der Waals surface area contributed by atoms with Crippen molar-refractivity contribution in [3.05, 3.63) is 35.9 Å². The predicted molar refractivity (Wildman–Crippen MR) is 79.6 cm³/mol. The fourth-order valence-corrected chi connectivity index (χ4v) is 2.28. The molecule has 4 nitrogen and oxygen atoms in total. The molecule has 0 spiro atoms. The molecule has 0 bridgehead atoms. The monoisotopic (exact) mass is 276 g/mol. The van der Waals surface area contributed by atoms with Gasteiger partial charge in [-0.3, -0.25) is 0 Å². The molecular formula is C16H24N2O2. The summed E-state index contributed by atoms with van der Waals surface area (Å²) in [5.41, 5.74) is 1.13. The zero-order chi connectivity index (χ0) is 14.4. The van der Waals surface area contributed by atoms with Gasteiger partial charge >= 0.3 is 6.03 Å². The maximum Gasteiger partial charge on any atom is 0.317 e. The van der Waals surface area contributed by atoms with E-state index in [1.54, 1.807) is 0 Å². The first-order valence-electron chi connectivity index (χ1n) is 7.36. The first-order chi connectivity index (χ1) is 9.66. The Labute approximate surface area is 121 Å². The number of nitrogens with one attached hydrogen (secondary N) is 1. The van der Waals surface area contributed by atoms with Gasteiger partial charge in [0.25, 0.3) is 0 Å². The summed E-state index contributed by atoms with van der Waals surface area (Å²) in [5, 5.41) is 2.99. The zero-order valence-electron chi connectivity index (χ0n) is 12.3. The first-order valence-corrected chi connectivity index (χ1v) is 7.36. The van der Waals surface area contributed by atoms with Crippen LogP contribution in [0.5, 0.6) is 0 Å². The first kappa shape index (κ1) is 14.9. The second-order valence-corrected chi connectivity index (χ2v) is 5.63. The van der Waals surface area contributed by atoms with Crippen molar-refractivity contribution in [2.75, 3.05) is 26.2 Å². The molecule has 1 saturated heterocycles. The SMILES string of the molecule is CC(C)CCNC(=O)N1CCOC(c2ccccc2)C1. The van der Waals surface area contributed by atoms with Crippen LogP contribution >= 0.6 is 0 Å². The van der Waals surface area contributed by atoms with Crippen molar-refractivity contribution in [1.82, 2.24) is 10.2 Å². The topological polar surface area (TPSA) is 41.6 Å². The highest BCUT2D eigenvalue weighted by Crippen LogP contribution is 2.21. The minimum Gasteiger partial charge on any atom is -0.370 e. The number of carbonyl (C=O) groups is 1. The zero-order valence-corrected chi connectivity index (χ0v) is 12.3. The second-order valence-electron chi connectivity index (χ2n) is 5.63. The fourth-order valence-electron chi connectivity index (χ4n) is 2.28. The lowest BCUT2D eigenvalue weighted by Gasteiger charge is -2.33. The predicted octanol–water partition coefficient (Wildman–Crippen LogP) is 2.82. The molecule has 1 atom stereocenters. The van der Waals surface area contributed by atoms with Gasteiger partial charge in [0, 0.05) is 13.1 Å². The van der Waals surface area contributed by atoms with Gasteiger partial charge in [-0.1, -0.05) is 44.2 Å². The van der Waals surface area contributed by atoms with Gasteiger partial charge in [-0.15, -0.1) is 0 Å². The molecule has 2 rings (SSSR count). The summed E-state index contributed by atoms with van der Waals surface area (Å²) in [6, 6.07) is 10.1. The Hall–Kier alpha value is -1.55. The molecule has 2 amide bonds. The van der Waals surface area contributed by atoms with Crippen LogP contribution in [0.15, 0.2) is 30.3 Å². The van der Waals surface area contributed by atoms with E-state index in [0.29, 0.717) is 25.6 Å². The summed E-state index contributed by atoms with van der Waals surface area (Å²) in [6.07, 6.45) is 0.999. The highest BCUT2D eigenvalue weighted by atomic mass is 16.5. The number of hydrogen-bond acceptors (Lipinski definition) is 2. The van der Waals surface area contributed by atoms with E-state index in [1.807, 2.05) is 35.2 Å². The van der Waals surface area contributed by atoms with Crippen molar-refractivity contribution in [2.24, 2.45) is 5.92 Å². The maximum atomic E-state index is 12.1. The average Bonchev–Trinajstić information content (AvgIpc) is 2.48. The highest BCUT2D eigenvalue weighted by Gasteiger charge is 2.24. The molecule has 0 aromatic heterocycles. The van der Waals surface area contributed by atoms with Crippen molar-refractivity contribution in [3.63, 3.8) is 0 Å². The smallest absolute Gasteiger partial charge is 0.317 e. The summed E-state index contributed by atoms with van der Waals surface area (Å²) in [5.74, 6) is 0.608. The highest BCUT2D eigenvalue weighted by molar-refractivity contribution is 5.74. The van der Waals surface area contributed by atoms with Gasteiger partial charge in [0.05, 0.1) is 13.2 Å². The second kappa shape index (κ2) is 7.29. The molecule has 0 saturated carbocycles. The van der Waals surface area contributed by atoms with Crippen LogP contribution in [0.1, 0.15) is 31.9 Å². The van der Waals surface area contributed by atoms with E-state index < -0.39 is 0 Å². The van der Waals surface area contributed by atoms with Crippen molar-refractivity contribution in [3.8, 4) is 0 Å². The lowest BCUT2D eigenvalue weighted by molar-refractivity contribution is -0.0154. The number of amides is 2. The van der Waals surface area contributed by atoms with E-state index in [2.05, 4.69) is 19.2 Å². The van der Waals surface area contributed by atoms with Gasteiger partial charge < -0.3 is 15.0 Å². The number of morpholine rings is 1. The van der Waals surface area contributed by atoms with Gasteiger partial charge in [0.1, 0.15) is 6.10 Å². The van der Waals surface area contributed by atoms with Crippen LogP contribution in [0.3, 0.4) is 0 Å². The van der Waals surface area contributed by atoms with Crippen LogP contribution in [-0.2, 0) is 4.74 Å². The minimum absolute atomic E-state index is 0.0131. The van der Waals surface area contributed by atoms with E-state index in [1.165, 1.54) is 0 Å². The molecule has 1 unspecified atom stereocenters. The lowest BCUT2D eigenvalue weighted by atomic mass is 10.1. The van der Waals surface area contributed by atoms with Crippen LogP contribution in [0, 0.1) is 5.92 Å². The lowest BCUT2D eigenvalue weighted by Crippen LogP contribution is -2.47. The van der Waals surface area contributed by atoms with Gasteiger partial charge in [-0.25, -0.2) is 4.79 Å². The number of urea groups is 1. The number of carbonyl (C=O) groups excluding carboxylic acids is 1. The molecule has 1 aliphatic heterocycles. The average molecular weight is 276 g/mol. The van der Waals surface area contributed by atoms with Crippen molar-refractivity contribution >= 4 is 6.03 Å². The maximum absolute atomic E-state index is 12.1. The van der Waals surface area contributed by atoms with Crippen molar-refractivity contribution < 1.29 is 9.53 Å². The molecule has 1 N–H and O–H groups in total. The van der Waals surface area contributed by atoms with Crippen molar-refractivity contribution in [1.29, 1.82) is 0 Å². The largest absolute Gasteiger partial charge is 0.370 e. The summed E-state index contributed by atoms with van der Waals surface area (Å²) in [6.45, 7) is 6.94. The molecule has 0 radical (unpaired) electrons. The fraction of sp³-hybridized carbons (Fsp3) is 0.562. The standard InChI is InChI=1S/C16H24N2O2/c1-13(2)8-9-17-16(19)18-10-11-20-15(12-18)14-6-4-3-5-7-14/h3-7,13,15H,8-12H2,1-2H3,(H,17,19). The Morgan fingerprint density at radius 2 is 2.15 bits per heavy atom. The molecule has 1 aliphatic rings. The van der Waals surface area contributed by atoms with E-state index in [4.69, 9.17) is 4.74 Å². The summed E-state index contributed by atoms with van der Waals surface area (Å²) in [4.78, 5) is 14.0. The number of benzene rings is 1. The summed E-state index contributed by atoms with van der Waals surface area (Å²) in [7, 11) is 0. The Kier molecular flexibility index (Phi) is 5.41. The van der Waals surface area contributed by atoms with Crippen LogP contribution in [-0.4, -0.2) is 37.2 Å². The molecular weight excluding hydrogens is 252 g/mol. The Balaban J connectivity index is 1.85. The van der Waals surface area contributed by atoms with Crippen LogP contribution in [0.2, 0.25) is 0 Å². The molecule has 1 aromatic rings. The molecule has 4 heteroatoms. The number of rotatable bonds is 4. The van der Waals surface area contributed by atoms with Gasteiger partial charge in [-0.05, 0) is 17.9 Å². The molecule has 1 aromatic carbocycles. The number of ether oxygens (including phenoxy) is 1. The van der Waals surface area contributed by atoms with Gasteiger partial charge in [0.15, 0.2) is 0 Å². The quantitative estimate of drug-likeness (QED) is 0.918. The molecule has 0 aliphatic carbocycles. The minimum atomic E-state index is -0.0131. The van der Waals surface area contributed by atoms with E-state index >= 15 is 0 Å². The van der Waals surface area contributed by atoms with E-state index in [9.17, 15) is 4.79 Å². The third-order valence-corrected chi connectivity index (χ3v) is 3.52. The molecule has 1 heterocycles. The molecule has 1 fully saturated rings. The molecule has 20 heavy (non-hydrogen) atoms. The summed E-state index contributed by atoms with van der Waals surface area (Å²) < 4.78 is 5.77.